The zero-order valence-electron chi connectivity index (χ0n) is 13.5. The summed E-state index contributed by atoms with van der Waals surface area (Å²) in [4.78, 5) is 21.9. The first-order valence-electron chi connectivity index (χ1n) is 7.39. The van der Waals surface area contributed by atoms with E-state index in [0.717, 1.165) is 21.5 Å². The molecule has 5 nitrogen and oxygen atoms in total. The van der Waals surface area contributed by atoms with E-state index in [-0.39, 0.29) is 11.8 Å². The van der Waals surface area contributed by atoms with E-state index in [9.17, 15) is 4.79 Å². The molecule has 0 aliphatic carbocycles. The number of nitrogens with zero attached hydrogens (tertiary/aromatic N) is 2. The van der Waals surface area contributed by atoms with Crippen molar-refractivity contribution in [3.05, 3.63) is 45.5 Å². The zero-order valence-corrected chi connectivity index (χ0v) is 15.0. The van der Waals surface area contributed by atoms with Crippen LogP contribution in [0.5, 0.6) is 5.75 Å². The number of fused-ring (bicyclic) bond motifs is 1. The highest BCUT2D eigenvalue weighted by Crippen LogP contribution is 2.30. The van der Waals surface area contributed by atoms with Gasteiger partial charge in [-0.3, -0.25) is 9.78 Å². The van der Waals surface area contributed by atoms with Crippen molar-refractivity contribution in [1.29, 1.82) is 0 Å². The van der Waals surface area contributed by atoms with Gasteiger partial charge in [-0.15, -0.1) is 11.3 Å². The molecule has 1 N–H and O–H groups in total. The Hall–Kier alpha value is -2.18. The van der Waals surface area contributed by atoms with E-state index in [1.165, 1.54) is 11.3 Å². The molecule has 3 aromatic rings. The number of hydrogen-bond acceptors (Lipinski definition) is 5. The number of aromatic nitrogens is 2. The van der Waals surface area contributed by atoms with Gasteiger partial charge in [0, 0.05) is 16.3 Å². The predicted molar refractivity (Wildman–Crippen MR) is 97.5 cm³/mol. The summed E-state index contributed by atoms with van der Waals surface area (Å²) in [5.74, 6) is 0.639. The minimum absolute atomic E-state index is 0.179. The highest BCUT2D eigenvalue weighted by Gasteiger charge is 2.20. The molecule has 124 valence electrons. The number of carbonyl (C=O) groups is 1. The number of pyridine rings is 1. The van der Waals surface area contributed by atoms with Crippen LogP contribution in [0.3, 0.4) is 0 Å². The molecule has 24 heavy (non-hydrogen) atoms. The van der Waals surface area contributed by atoms with Gasteiger partial charge >= 0.3 is 0 Å². The average molecular weight is 362 g/mol. The number of methoxy groups -OCH3 is 1. The molecule has 0 saturated carbocycles. The van der Waals surface area contributed by atoms with E-state index in [2.05, 4.69) is 15.3 Å². The lowest BCUT2D eigenvalue weighted by molar-refractivity contribution is 0.102. The number of thiazole rings is 1. The molecule has 0 spiro atoms. The van der Waals surface area contributed by atoms with Crippen molar-refractivity contribution in [3.63, 3.8) is 0 Å². The Bertz CT molecular complexity index is 908. The summed E-state index contributed by atoms with van der Waals surface area (Å²) in [7, 11) is 1.61. The van der Waals surface area contributed by atoms with Crippen LogP contribution in [0.2, 0.25) is 4.47 Å². The zero-order chi connectivity index (χ0) is 17.3. The number of nitrogens with one attached hydrogen (secondary N) is 1. The molecule has 2 heterocycles. The van der Waals surface area contributed by atoms with Crippen LogP contribution < -0.4 is 10.1 Å². The summed E-state index contributed by atoms with van der Waals surface area (Å²) in [6.07, 6.45) is 1.61. The smallest absolute Gasteiger partial charge is 0.275 e. The van der Waals surface area contributed by atoms with Crippen molar-refractivity contribution in [2.45, 2.75) is 19.8 Å². The van der Waals surface area contributed by atoms with Gasteiger partial charge in [0.25, 0.3) is 5.91 Å². The van der Waals surface area contributed by atoms with Gasteiger partial charge in [0.15, 0.2) is 4.47 Å². The van der Waals surface area contributed by atoms with E-state index in [1.54, 1.807) is 13.3 Å². The van der Waals surface area contributed by atoms with E-state index < -0.39 is 0 Å². The molecule has 7 heteroatoms. The van der Waals surface area contributed by atoms with Gasteiger partial charge < -0.3 is 10.1 Å². The van der Waals surface area contributed by atoms with Gasteiger partial charge in [0.2, 0.25) is 0 Å². The lowest BCUT2D eigenvalue weighted by Crippen LogP contribution is -2.14. The summed E-state index contributed by atoms with van der Waals surface area (Å²) < 4.78 is 5.55. The molecular weight excluding hydrogens is 346 g/mol. The SMILES string of the molecule is COc1ccc2cc(NC(=O)c3nc(Cl)sc3C(C)C)cnc2c1. The molecule has 0 bridgehead atoms. The van der Waals surface area contributed by atoms with Crippen LogP contribution in [0.1, 0.15) is 35.1 Å². The van der Waals surface area contributed by atoms with Gasteiger partial charge in [-0.1, -0.05) is 25.4 Å². The first kappa shape index (κ1) is 16.7. The fraction of sp³-hybridized carbons (Fsp3) is 0.235. The monoisotopic (exact) mass is 361 g/mol. The minimum atomic E-state index is -0.281. The Labute approximate surface area is 148 Å². The normalized spacial score (nSPS) is 11.0. The summed E-state index contributed by atoms with van der Waals surface area (Å²) >= 11 is 7.30. The minimum Gasteiger partial charge on any atom is -0.497 e. The average Bonchev–Trinajstić information content (AvgIpc) is 2.96. The molecule has 0 aliphatic rings. The Kier molecular flexibility index (Phi) is 4.69. The van der Waals surface area contributed by atoms with Crippen molar-refractivity contribution in [2.24, 2.45) is 0 Å². The van der Waals surface area contributed by atoms with E-state index in [0.29, 0.717) is 15.8 Å². The molecule has 0 saturated heterocycles. The molecule has 0 aliphatic heterocycles. The molecule has 0 unspecified atom stereocenters. The Morgan fingerprint density at radius 2 is 2.12 bits per heavy atom. The number of rotatable bonds is 4. The van der Waals surface area contributed by atoms with Crippen molar-refractivity contribution in [1.82, 2.24) is 9.97 Å². The van der Waals surface area contributed by atoms with E-state index in [4.69, 9.17) is 16.3 Å². The Morgan fingerprint density at radius 1 is 1.33 bits per heavy atom. The molecule has 1 aromatic carbocycles. The lowest BCUT2D eigenvalue weighted by atomic mass is 10.1. The van der Waals surface area contributed by atoms with Crippen molar-refractivity contribution < 1.29 is 9.53 Å². The topological polar surface area (TPSA) is 64.1 Å². The van der Waals surface area contributed by atoms with Crippen molar-refractivity contribution in [2.75, 3.05) is 12.4 Å². The van der Waals surface area contributed by atoms with E-state index in [1.807, 2.05) is 38.1 Å². The molecule has 0 fully saturated rings. The second kappa shape index (κ2) is 6.75. The third-order valence-electron chi connectivity index (χ3n) is 3.52. The summed E-state index contributed by atoms with van der Waals surface area (Å²) in [5.41, 5.74) is 1.78. The first-order chi connectivity index (χ1) is 11.5. The highest BCUT2D eigenvalue weighted by molar-refractivity contribution is 7.16. The van der Waals surface area contributed by atoms with Gasteiger partial charge in [0.1, 0.15) is 11.4 Å². The second-order valence-electron chi connectivity index (χ2n) is 5.57. The maximum Gasteiger partial charge on any atom is 0.275 e. The standard InChI is InChI=1S/C17H16ClN3O2S/c1-9(2)15-14(21-17(18)24-15)16(22)20-11-6-10-4-5-12(23-3)7-13(10)19-8-11/h4-9H,1-3H3,(H,20,22). The predicted octanol–water partition coefficient (Wildman–Crippen LogP) is 4.73. The quantitative estimate of drug-likeness (QED) is 0.729. The van der Waals surface area contributed by atoms with Crippen LogP contribution in [0.4, 0.5) is 5.69 Å². The van der Waals surface area contributed by atoms with Crippen LogP contribution in [0, 0.1) is 0 Å². The molecular formula is C17H16ClN3O2S. The summed E-state index contributed by atoms with van der Waals surface area (Å²) in [6, 6.07) is 7.46. The van der Waals surface area contributed by atoms with Gasteiger partial charge in [-0.25, -0.2) is 4.98 Å². The van der Waals surface area contributed by atoms with Gasteiger partial charge in [-0.05, 0) is 24.1 Å². The molecule has 3 rings (SSSR count). The highest BCUT2D eigenvalue weighted by atomic mass is 35.5. The number of ether oxygens (including phenoxy) is 1. The number of amides is 1. The van der Waals surface area contributed by atoms with Gasteiger partial charge in [-0.2, -0.15) is 0 Å². The maximum absolute atomic E-state index is 12.5. The number of anilines is 1. The van der Waals surface area contributed by atoms with Crippen LogP contribution in [-0.2, 0) is 0 Å². The summed E-state index contributed by atoms with van der Waals surface area (Å²) in [6.45, 7) is 4.01. The first-order valence-corrected chi connectivity index (χ1v) is 8.58. The largest absolute Gasteiger partial charge is 0.497 e. The molecule has 0 radical (unpaired) electrons. The second-order valence-corrected chi connectivity index (χ2v) is 7.18. The van der Waals surface area contributed by atoms with Crippen molar-refractivity contribution >= 4 is 45.4 Å². The van der Waals surface area contributed by atoms with Crippen LogP contribution in [0.15, 0.2) is 30.5 Å². The summed E-state index contributed by atoms with van der Waals surface area (Å²) in [5, 5.41) is 3.75. The Morgan fingerprint density at radius 3 is 2.83 bits per heavy atom. The van der Waals surface area contributed by atoms with Crippen LogP contribution >= 0.6 is 22.9 Å². The lowest BCUT2D eigenvalue weighted by Gasteiger charge is -2.08. The molecule has 0 atom stereocenters. The van der Waals surface area contributed by atoms with Crippen LogP contribution in [-0.4, -0.2) is 23.0 Å². The number of carbonyl (C=O) groups excluding carboxylic acids is 1. The van der Waals surface area contributed by atoms with Crippen molar-refractivity contribution in [3.8, 4) is 5.75 Å². The van der Waals surface area contributed by atoms with Gasteiger partial charge in [0.05, 0.1) is 24.5 Å². The number of halogens is 1. The third-order valence-corrected chi connectivity index (χ3v) is 4.98. The van der Waals surface area contributed by atoms with E-state index >= 15 is 0 Å². The maximum atomic E-state index is 12.5. The number of hydrogen-bond donors (Lipinski definition) is 1. The molecule has 2 aromatic heterocycles. The number of benzene rings is 1. The van der Waals surface area contributed by atoms with Crippen LogP contribution in [0.25, 0.3) is 10.9 Å². The third kappa shape index (κ3) is 3.34. The fourth-order valence-electron chi connectivity index (χ4n) is 2.35. The molecule has 1 amide bonds. The fourth-order valence-corrected chi connectivity index (χ4v) is 3.47. The Balaban J connectivity index is 1.88.